The largest absolute Gasteiger partial charge is 0.481 e. The van der Waals surface area contributed by atoms with Crippen LogP contribution >= 0.6 is 10.7 Å². The molecule has 2 fully saturated rings. The number of fused-ring (bicyclic) bond motifs is 1. The summed E-state index contributed by atoms with van der Waals surface area (Å²) in [5.41, 5.74) is 2.20. The molecule has 4 aromatic rings. The van der Waals surface area contributed by atoms with E-state index in [1.54, 1.807) is 0 Å². The van der Waals surface area contributed by atoms with Gasteiger partial charge in [-0.3, -0.25) is 9.59 Å². The number of rotatable bonds is 8. The molecule has 6 rings (SSSR count). The van der Waals surface area contributed by atoms with Gasteiger partial charge in [0.25, 0.3) is 0 Å². The van der Waals surface area contributed by atoms with Gasteiger partial charge in [-0.2, -0.15) is 13.2 Å². The Morgan fingerprint density at radius 2 is 1.77 bits per heavy atom. The molecule has 0 spiro atoms. The molecule has 1 heterocycles. The molecule has 0 bridgehead atoms. The number of hydrogen-bond acceptors (Lipinski definition) is 4. The van der Waals surface area contributed by atoms with Crippen LogP contribution in [0.15, 0.2) is 65.6 Å². The lowest BCUT2D eigenvalue weighted by Crippen LogP contribution is -2.40. The number of carbonyl (C=O) groups excluding carboxylic acids is 1. The predicted molar refractivity (Wildman–Crippen MR) is 176 cm³/mol. The molecule has 2 aliphatic rings. The van der Waals surface area contributed by atoms with E-state index in [1.165, 1.54) is 12.8 Å². The minimum absolute atomic E-state index is 0.264. The number of nitrogens with zero attached hydrogens (tertiary/aromatic N) is 3. The summed E-state index contributed by atoms with van der Waals surface area (Å²) in [5, 5.41) is 14.7. The summed E-state index contributed by atoms with van der Waals surface area (Å²) in [6.07, 6.45) is -0.995. The van der Waals surface area contributed by atoms with Crippen LogP contribution in [0.2, 0.25) is 0 Å². The van der Waals surface area contributed by atoms with E-state index in [0.29, 0.717) is 30.9 Å². The van der Waals surface area contributed by atoms with Crippen molar-refractivity contribution < 1.29 is 32.3 Å². The zero-order valence-corrected chi connectivity index (χ0v) is 27.0. The van der Waals surface area contributed by atoms with Gasteiger partial charge in [0.15, 0.2) is 0 Å². The fraction of sp³-hybridized carbons (Fsp3) is 0.371. The number of anilines is 2. The molecule has 1 aromatic heterocycles. The van der Waals surface area contributed by atoms with Crippen molar-refractivity contribution in [2.24, 2.45) is 18.9 Å². The van der Waals surface area contributed by atoms with Gasteiger partial charge in [-0.15, -0.1) is 0 Å². The van der Waals surface area contributed by atoms with Crippen molar-refractivity contribution in [2.75, 3.05) is 16.7 Å². The number of carbonyl (C=O) groups is 2. The molecule has 248 valence electrons. The number of benzene rings is 3. The van der Waals surface area contributed by atoms with E-state index in [1.807, 2.05) is 38.2 Å². The first-order valence-corrected chi connectivity index (χ1v) is 16.8. The summed E-state index contributed by atoms with van der Waals surface area (Å²) in [6, 6.07) is 15.9. The van der Waals surface area contributed by atoms with Crippen LogP contribution in [0.4, 0.5) is 28.9 Å². The molecule has 3 aromatic carbocycles. The molecule has 7 nitrogen and oxygen atoms in total. The van der Waals surface area contributed by atoms with Crippen LogP contribution < -0.4 is 9.62 Å². The van der Waals surface area contributed by atoms with Gasteiger partial charge in [-0.25, -0.2) is 9.37 Å². The number of aryl methyl sites for hydroxylation is 1. The first-order chi connectivity index (χ1) is 22.4. The van der Waals surface area contributed by atoms with Crippen LogP contribution in [0.25, 0.3) is 11.0 Å². The lowest BCUT2D eigenvalue weighted by atomic mass is 9.69. The second kappa shape index (κ2) is 12.8. The maximum Gasteiger partial charge on any atom is 0.416 e. The molecular weight excluding hydrogens is 632 g/mol. The van der Waals surface area contributed by atoms with Crippen molar-refractivity contribution in [1.29, 1.82) is 0 Å². The summed E-state index contributed by atoms with van der Waals surface area (Å²) in [7, 11) is 3.69. The van der Waals surface area contributed by atoms with Crippen LogP contribution in [-0.4, -0.2) is 38.9 Å². The van der Waals surface area contributed by atoms with Crippen LogP contribution in [0, 0.1) is 17.7 Å². The molecular formula is C35H36F4N4O3S. The van der Waals surface area contributed by atoms with E-state index in [2.05, 4.69) is 44.8 Å². The van der Waals surface area contributed by atoms with Gasteiger partial charge >= 0.3 is 12.1 Å². The molecule has 2 aliphatic carbocycles. The lowest BCUT2D eigenvalue weighted by Gasteiger charge is -2.35. The predicted octanol–water partition coefficient (Wildman–Crippen LogP) is 8.33. The first-order valence-electron chi connectivity index (χ1n) is 15.6. The first kappa shape index (κ1) is 32.7. The van der Waals surface area contributed by atoms with E-state index >= 15 is 0 Å². The Balaban J connectivity index is 1.19. The molecule has 0 saturated heterocycles. The normalized spacial score (nSPS) is 20.7. The number of alkyl halides is 3. The summed E-state index contributed by atoms with van der Waals surface area (Å²) in [4.78, 5) is 31.8. The minimum Gasteiger partial charge on any atom is -0.481 e. The van der Waals surface area contributed by atoms with Gasteiger partial charge in [-0.1, -0.05) is 29.2 Å². The number of carboxylic acids is 1. The van der Waals surface area contributed by atoms with Crippen molar-refractivity contribution in [3.63, 3.8) is 0 Å². The number of halogens is 4. The van der Waals surface area contributed by atoms with Gasteiger partial charge in [0.2, 0.25) is 5.91 Å². The molecule has 4 atom stereocenters. The van der Waals surface area contributed by atoms with Gasteiger partial charge in [0.05, 0.1) is 34.1 Å². The molecule has 0 aliphatic heterocycles. The quantitative estimate of drug-likeness (QED) is 0.146. The third kappa shape index (κ3) is 6.52. The highest BCUT2D eigenvalue weighted by Crippen LogP contribution is 2.44. The molecule has 2 N–H and O–H groups in total. The fourth-order valence-electron chi connectivity index (χ4n) is 6.76. The Kier molecular flexibility index (Phi) is 8.90. The van der Waals surface area contributed by atoms with Crippen LogP contribution in [0.3, 0.4) is 0 Å². The Morgan fingerprint density at radius 3 is 2.38 bits per heavy atom. The molecule has 0 radical (unpaired) electrons. The van der Waals surface area contributed by atoms with Gasteiger partial charge in [0, 0.05) is 30.6 Å². The van der Waals surface area contributed by atoms with E-state index in [4.69, 9.17) is 4.98 Å². The number of imidazole rings is 1. The SMILES string of the molecule is C/C=S(/c1ccc2c(c1)nc(C1CC1)n2C)N(C)c1ccc([C@H]2CCC[C@@H](C(=O)Nc3ccc(C(F)(F)F)cc3F)[C@@H]2C(=O)O)cc1. The van der Waals surface area contributed by atoms with Crippen molar-refractivity contribution in [3.8, 4) is 0 Å². The topological polar surface area (TPSA) is 87.5 Å². The highest BCUT2D eigenvalue weighted by Gasteiger charge is 2.43. The Labute approximate surface area is 272 Å². The highest BCUT2D eigenvalue weighted by atomic mass is 32.2. The van der Waals surface area contributed by atoms with E-state index in [-0.39, 0.29) is 17.1 Å². The van der Waals surface area contributed by atoms with E-state index in [9.17, 15) is 32.3 Å². The zero-order chi connectivity index (χ0) is 33.6. The minimum atomic E-state index is -4.73. The summed E-state index contributed by atoms with van der Waals surface area (Å²) in [5.74, 6) is -3.99. The van der Waals surface area contributed by atoms with Gasteiger partial charge in [0.1, 0.15) is 11.6 Å². The van der Waals surface area contributed by atoms with Crippen LogP contribution in [-0.2, 0) is 22.8 Å². The number of hydrogen-bond donors (Lipinski definition) is 2. The Bertz CT molecular complexity index is 1870. The summed E-state index contributed by atoms with van der Waals surface area (Å²) < 4.78 is 57.7. The second-order valence-corrected chi connectivity index (χ2v) is 14.4. The van der Waals surface area contributed by atoms with E-state index < -0.39 is 52.9 Å². The Hall–Kier alpha value is -4.19. The fourth-order valence-corrected chi connectivity index (χ4v) is 8.45. The van der Waals surface area contributed by atoms with Crippen LogP contribution in [0.1, 0.15) is 67.8 Å². The highest BCUT2D eigenvalue weighted by molar-refractivity contribution is 8.16. The number of carboxylic acid groups (broad SMARTS) is 1. The Morgan fingerprint density at radius 1 is 1.04 bits per heavy atom. The standard InChI is InChI=1S/C35H36F4N4O3S/c1-4-47(24-15-17-30-29(19-24)40-32(42(30)2)21-8-9-21)43(3)23-13-10-20(11-14-23)25-6-5-7-26(31(25)34(45)46)33(44)41-28-16-12-22(18-27(28)36)35(37,38)39/h4,10-19,21,25-26,31H,5-9H2,1-3H3,(H,41,44)(H,45,46)/t25-,26-,31-,47?/m1/s1. The summed E-state index contributed by atoms with van der Waals surface area (Å²) in [6.45, 7) is 2.02. The zero-order valence-electron chi connectivity index (χ0n) is 26.2. The molecule has 1 amide bonds. The third-order valence-corrected chi connectivity index (χ3v) is 11.3. The van der Waals surface area contributed by atoms with Gasteiger partial charge in [-0.05, 0) is 98.0 Å². The van der Waals surface area contributed by atoms with E-state index in [0.717, 1.165) is 39.1 Å². The molecule has 47 heavy (non-hydrogen) atoms. The maximum atomic E-state index is 14.5. The average Bonchev–Trinajstić information content (AvgIpc) is 3.84. The third-order valence-electron chi connectivity index (χ3n) is 9.35. The monoisotopic (exact) mass is 668 g/mol. The average molecular weight is 669 g/mol. The number of amides is 1. The van der Waals surface area contributed by atoms with Gasteiger partial charge < -0.3 is 19.3 Å². The van der Waals surface area contributed by atoms with Crippen molar-refractivity contribution >= 4 is 50.3 Å². The molecule has 1 unspecified atom stereocenters. The summed E-state index contributed by atoms with van der Waals surface area (Å²) >= 11 is 0. The smallest absolute Gasteiger partial charge is 0.416 e. The maximum absolute atomic E-state index is 14.5. The van der Waals surface area contributed by atoms with Crippen LogP contribution in [0.5, 0.6) is 0 Å². The molecule has 2 saturated carbocycles. The van der Waals surface area contributed by atoms with Crippen molar-refractivity contribution in [1.82, 2.24) is 9.55 Å². The molecule has 12 heteroatoms. The number of aromatic nitrogens is 2. The van der Waals surface area contributed by atoms with Crippen molar-refractivity contribution in [2.45, 2.75) is 61.9 Å². The second-order valence-electron chi connectivity index (χ2n) is 12.3. The lowest BCUT2D eigenvalue weighted by molar-refractivity contribution is -0.148. The number of nitrogens with one attached hydrogen (secondary N) is 1. The van der Waals surface area contributed by atoms with Crippen molar-refractivity contribution in [3.05, 3.63) is 83.4 Å². The number of aliphatic carboxylic acids is 1.